The number of halogens is 3. The van der Waals surface area contributed by atoms with Gasteiger partial charge in [0.05, 0.1) is 6.04 Å². The van der Waals surface area contributed by atoms with Gasteiger partial charge >= 0.3 is 37.9 Å². The van der Waals surface area contributed by atoms with Crippen molar-refractivity contribution in [3.8, 4) is 5.75 Å². The van der Waals surface area contributed by atoms with E-state index in [0.717, 1.165) is 24.0 Å². The fraction of sp³-hybridized carbons (Fsp3) is 0.533. The zero-order valence-electron chi connectivity index (χ0n) is 11.8. The van der Waals surface area contributed by atoms with Gasteiger partial charge in [0, 0.05) is 11.8 Å². The Morgan fingerprint density at radius 1 is 1.29 bits per heavy atom. The Morgan fingerprint density at radius 3 is 2.57 bits per heavy atom. The molecule has 1 aromatic carbocycles. The Hall–Kier alpha value is 0.0831. The van der Waals surface area contributed by atoms with Gasteiger partial charge in [0.2, 0.25) is 0 Å². The summed E-state index contributed by atoms with van der Waals surface area (Å²) in [7, 11) is 9.87. The summed E-state index contributed by atoms with van der Waals surface area (Å²) >= 11 is -0.826. The maximum atomic E-state index is 13.4. The van der Waals surface area contributed by atoms with E-state index in [1.165, 1.54) is 0 Å². The van der Waals surface area contributed by atoms with Crippen molar-refractivity contribution in [2.45, 2.75) is 38.4 Å². The number of hydrogen-bond acceptors (Lipinski definition) is 2. The van der Waals surface area contributed by atoms with Gasteiger partial charge in [-0.2, -0.15) is 0 Å². The van der Waals surface area contributed by atoms with Gasteiger partial charge in [0.25, 0.3) is 0 Å². The molecule has 0 heterocycles. The summed E-state index contributed by atoms with van der Waals surface area (Å²) in [4.78, 5) is 4.56. The molecule has 2 saturated carbocycles. The predicted molar refractivity (Wildman–Crippen MR) is 81.7 cm³/mol. The third-order valence-corrected chi connectivity index (χ3v) is 4.41. The van der Waals surface area contributed by atoms with Crippen LogP contribution in [-0.4, -0.2) is 23.5 Å². The van der Waals surface area contributed by atoms with Crippen LogP contribution in [0, 0.1) is 18.8 Å². The molecule has 1 N–H and O–H groups in total. The van der Waals surface area contributed by atoms with E-state index in [4.69, 9.17) is 17.0 Å². The van der Waals surface area contributed by atoms with Crippen LogP contribution >= 0.6 is 17.0 Å². The molecule has 0 aromatic heterocycles. The first kappa shape index (κ1) is 17.4. The number of phenols is 1. The van der Waals surface area contributed by atoms with E-state index < -0.39 is 27.0 Å². The molecule has 0 amide bonds. The Bertz CT molecular complexity index is 512. The molecule has 4 atom stereocenters. The quantitative estimate of drug-likeness (QED) is 0.710. The number of nitrogens with zero attached hydrogens (tertiary/aromatic N) is 1. The van der Waals surface area contributed by atoms with Gasteiger partial charge in [-0.15, -0.1) is 0 Å². The number of aliphatic imine (C=N–C) groups is 1. The fourth-order valence-electron chi connectivity index (χ4n) is 3.32. The zero-order chi connectivity index (χ0) is 15.4. The molecule has 0 aliphatic heterocycles. The third-order valence-electron chi connectivity index (χ3n) is 4.41. The van der Waals surface area contributed by atoms with Crippen molar-refractivity contribution in [3.05, 3.63) is 29.3 Å². The van der Waals surface area contributed by atoms with Gasteiger partial charge in [0.15, 0.2) is 0 Å². The average molecular weight is 409 g/mol. The number of benzene rings is 1. The SMILES string of the molecule is Cc1cccc(C=NC2CC3CC2CC3F)c1O.[Cl][Zr][Cl]. The normalized spacial score (nSPS) is 30.3. The van der Waals surface area contributed by atoms with Gasteiger partial charge in [-0.05, 0) is 49.7 Å². The summed E-state index contributed by atoms with van der Waals surface area (Å²) in [6, 6.07) is 5.89. The fourth-order valence-corrected chi connectivity index (χ4v) is 3.32. The third kappa shape index (κ3) is 4.30. The van der Waals surface area contributed by atoms with E-state index in [2.05, 4.69) is 4.99 Å². The number of fused-ring (bicyclic) bond motifs is 2. The van der Waals surface area contributed by atoms with Crippen LogP contribution < -0.4 is 0 Å². The topological polar surface area (TPSA) is 32.6 Å². The van der Waals surface area contributed by atoms with Crippen LogP contribution in [0.15, 0.2) is 23.2 Å². The summed E-state index contributed by atoms with van der Waals surface area (Å²) < 4.78 is 13.4. The molecule has 2 bridgehead atoms. The van der Waals surface area contributed by atoms with Crippen molar-refractivity contribution >= 4 is 23.2 Å². The van der Waals surface area contributed by atoms with Crippen molar-refractivity contribution in [2.24, 2.45) is 16.8 Å². The Balaban J connectivity index is 0.000000497. The molecular weight excluding hydrogens is 391 g/mol. The summed E-state index contributed by atoms with van der Waals surface area (Å²) in [6.07, 6.45) is 3.68. The minimum absolute atomic E-state index is 0.225. The van der Waals surface area contributed by atoms with Crippen LogP contribution in [0.3, 0.4) is 0 Å². The van der Waals surface area contributed by atoms with E-state index in [0.29, 0.717) is 18.1 Å². The second-order valence-electron chi connectivity index (χ2n) is 5.67. The van der Waals surface area contributed by atoms with E-state index in [1.54, 1.807) is 6.21 Å². The van der Waals surface area contributed by atoms with Crippen molar-refractivity contribution in [1.29, 1.82) is 0 Å². The minimum atomic E-state index is -0.826. The van der Waals surface area contributed by atoms with Crippen LogP contribution in [0.25, 0.3) is 0 Å². The summed E-state index contributed by atoms with van der Waals surface area (Å²) in [5, 5.41) is 9.89. The van der Waals surface area contributed by atoms with Gasteiger partial charge < -0.3 is 5.11 Å². The molecule has 0 radical (unpaired) electrons. The number of phenolic OH excluding ortho intramolecular Hbond substituents is 1. The van der Waals surface area contributed by atoms with E-state index in [-0.39, 0.29) is 12.0 Å². The van der Waals surface area contributed by atoms with E-state index in [9.17, 15) is 9.50 Å². The molecule has 4 unspecified atom stereocenters. The molecular formula is C15H18Cl2FNOZr. The van der Waals surface area contributed by atoms with Crippen LogP contribution in [0.2, 0.25) is 0 Å². The Kier molecular flexibility index (Phi) is 6.71. The van der Waals surface area contributed by atoms with E-state index >= 15 is 0 Å². The van der Waals surface area contributed by atoms with Crippen molar-refractivity contribution in [2.75, 3.05) is 0 Å². The van der Waals surface area contributed by atoms with Crippen molar-refractivity contribution in [1.82, 2.24) is 0 Å². The van der Waals surface area contributed by atoms with E-state index in [1.807, 2.05) is 25.1 Å². The Labute approximate surface area is 143 Å². The van der Waals surface area contributed by atoms with Crippen LogP contribution in [0.4, 0.5) is 4.39 Å². The number of hydrogen-bond donors (Lipinski definition) is 1. The monoisotopic (exact) mass is 407 g/mol. The molecule has 3 rings (SSSR count). The zero-order valence-corrected chi connectivity index (χ0v) is 15.7. The molecule has 2 nitrogen and oxygen atoms in total. The van der Waals surface area contributed by atoms with Crippen molar-refractivity contribution < 1.29 is 30.3 Å². The molecule has 6 heteroatoms. The Morgan fingerprint density at radius 2 is 2.00 bits per heavy atom. The molecule has 0 saturated heterocycles. The first-order valence-electron chi connectivity index (χ1n) is 6.99. The first-order valence-corrected chi connectivity index (χ1v) is 13.3. The second-order valence-corrected chi connectivity index (χ2v) is 9.40. The summed E-state index contributed by atoms with van der Waals surface area (Å²) in [6.45, 7) is 1.87. The van der Waals surface area contributed by atoms with Crippen LogP contribution in [0.1, 0.15) is 30.4 Å². The van der Waals surface area contributed by atoms with Gasteiger partial charge in [-0.1, -0.05) is 12.1 Å². The number of aromatic hydroxyl groups is 1. The molecule has 21 heavy (non-hydrogen) atoms. The number of aryl methyl sites for hydroxylation is 1. The van der Waals surface area contributed by atoms with Gasteiger partial charge in [-0.3, -0.25) is 4.99 Å². The second kappa shape index (κ2) is 8.08. The van der Waals surface area contributed by atoms with Crippen LogP contribution in [-0.2, 0) is 20.8 Å². The molecule has 0 spiro atoms. The molecule has 2 aliphatic carbocycles. The van der Waals surface area contributed by atoms with Gasteiger partial charge in [0.1, 0.15) is 11.9 Å². The van der Waals surface area contributed by atoms with Crippen molar-refractivity contribution in [3.63, 3.8) is 0 Å². The van der Waals surface area contributed by atoms with Crippen LogP contribution in [0.5, 0.6) is 5.75 Å². The predicted octanol–water partition coefficient (Wildman–Crippen LogP) is 4.63. The molecule has 2 aliphatic rings. The first-order chi connectivity index (χ1) is 10.1. The number of alkyl halides is 1. The number of rotatable bonds is 2. The molecule has 2 fully saturated rings. The average Bonchev–Trinajstić information content (AvgIpc) is 3.00. The molecule has 1 aromatic rings. The standard InChI is InChI=1S/C15H18FNO.2ClH.Zr/c1-9-3-2-4-10(15(9)18)8-17-14-7-11-5-12(14)6-13(11)16;;;/h2-4,8,11-14,18H,5-7H2,1H3;2*1H;/q;;;+2/p-2. The maximum absolute atomic E-state index is 13.4. The molecule has 114 valence electrons. The summed E-state index contributed by atoms with van der Waals surface area (Å²) in [5.41, 5.74) is 1.62. The van der Waals surface area contributed by atoms with Gasteiger partial charge in [-0.25, -0.2) is 4.39 Å². The summed E-state index contributed by atoms with van der Waals surface area (Å²) in [5.74, 6) is 0.934. The number of para-hydroxylation sites is 1.